The van der Waals surface area contributed by atoms with Crippen molar-refractivity contribution >= 4 is 15.5 Å². The van der Waals surface area contributed by atoms with Crippen molar-refractivity contribution in [3.63, 3.8) is 0 Å². The number of hydrogen-bond acceptors (Lipinski definition) is 5. The van der Waals surface area contributed by atoms with Crippen molar-refractivity contribution in [2.24, 2.45) is 0 Å². The van der Waals surface area contributed by atoms with Gasteiger partial charge in [0.2, 0.25) is 5.88 Å². The van der Waals surface area contributed by atoms with Gasteiger partial charge in [-0.15, -0.1) is 0 Å². The fraction of sp³-hybridized carbons (Fsp3) is 0.267. The topological polar surface area (TPSA) is 68.3 Å². The highest BCUT2D eigenvalue weighted by atomic mass is 32.2. The number of nitrogens with zero attached hydrogens (tertiary/aromatic N) is 1. The van der Waals surface area contributed by atoms with Crippen LogP contribution in [0.5, 0.6) is 5.88 Å². The molecule has 1 aromatic carbocycles. The van der Waals surface area contributed by atoms with E-state index in [4.69, 9.17) is 4.74 Å². The van der Waals surface area contributed by atoms with E-state index in [2.05, 4.69) is 10.3 Å². The predicted octanol–water partition coefficient (Wildman–Crippen LogP) is 2.50. The summed E-state index contributed by atoms with van der Waals surface area (Å²) in [7, 11) is -1.68. The molecule has 5 nitrogen and oxygen atoms in total. The molecule has 1 aromatic heterocycles. The summed E-state index contributed by atoms with van der Waals surface area (Å²) in [4.78, 5) is 4.44. The summed E-state index contributed by atoms with van der Waals surface area (Å²) in [6.07, 6.45) is 1.70. The van der Waals surface area contributed by atoms with Crippen molar-refractivity contribution in [1.29, 1.82) is 0 Å². The second-order valence-electron chi connectivity index (χ2n) is 4.46. The Hall–Kier alpha value is -2.08. The van der Waals surface area contributed by atoms with Gasteiger partial charge in [0, 0.05) is 18.8 Å². The first-order valence-corrected chi connectivity index (χ1v) is 8.26. The smallest absolute Gasteiger partial charge is 0.212 e. The number of ether oxygens (including phenoxy) is 1. The van der Waals surface area contributed by atoms with Crippen molar-refractivity contribution in [3.8, 4) is 5.88 Å². The number of benzene rings is 1. The minimum Gasteiger partial charge on any atom is -0.481 e. The molecule has 0 unspecified atom stereocenters. The molecule has 0 saturated heterocycles. The van der Waals surface area contributed by atoms with Crippen LogP contribution in [0.15, 0.2) is 47.5 Å². The quantitative estimate of drug-likeness (QED) is 0.888. The van der Waals surface area contributed by atoms with Crippen LogP contribution >= 0.6 is 0 Å². The van der Waals surface area contributed by atoms with Gasteiger partial charge in [-0.3, -0.25) is 0 Å². The van der Waals surface area contributed by atoms with Crippen LogP contribution in [0.3, 0.4) is 0 Å². The van der Waals surface area contributed by atoms with E-state index in [0.29, 0.717) is 23.0 Å². The van der Waals surface area contributed by atoms with Gasteiger partial charge in [0.1, 0.15) is 0 Å². The second kappa shape index (κ2) is 6.58. The number of pyridine rings is 1. The molecule has 1 heterocycles. The van der Waals surface area contributed by atoms with E-state index in [1.165, 1.54) is 0 Å². The maximum absolute atomic E-state index is 12.0. The number of hydrogen-bond donors (Lipinski definition) is 1. The van der Waals surface area contributed by atoms with Crippen LogP contribution in [0.2, 0.25) is 0 Å². The summed E-state index contributed by atoms with van der Waals surface area (Å²) in [5.41, 5.74) is 1.55. The number of rotatable bonds is 6. The zero-order valence-electron chi connectivity index (χ0n) is 12.0. The molecular weight excluding hydrogens is 288 g/mol. The van der Waals surface area contributed by atoms with Crippen molar-refractivity contribution in [2.75, 3.05) is 18.2 Å². The first-order chi connectivity index (χ1) is 10.1. The third-order valence-electron chi connectivity index (χ3n) is 3.09. The number of anilines is 1. The van der Waals surface area contributed by atoms with E-state index in [0.717, 1.165) is 5.56 Å². The largest absolute Gasteiger partial charge is 0.481 e. The van der Waals surface area contributed by atoms with Crippen molar-refractivity contribution < 1.29 is 13.2 Å². The molecule has 0 aliphatic rings. The van der Waals surface area contributed by atoms with Gasteiger partial charge in [-0.1, -0.05) is 25.1 Å². The van der Waals surface area contributed by atoms with E-state index < -0.39 is 9.84 Å². The van der Waals surface area contributed by atoms with E-state index in [1.807, 2.05) is 12.1 Å². The molecule has 0 saturated carbocycles. The molecular formula is C15H18N2O3S. The Morgan fingerprint density at radius 1 is 1.19 bits per heavy atom. The number of para-hydroxylation sites is 1. The molecule has 2 aromatic rings. The molecule has 6 heteroatoms. The van der Waals surface area contributed by atoms with Gasteiger partial charge in [-0.25, -0.2) is 13.4 Å². The minimum absolute atomic E-state index is 0.0792. The first kappa shape index (κ1) is 15.3. The third kappa shape index (κ3) is 3.72. The molecule has 0 amide bonds. The van der Waals surface area contributed by atoms with Crippen LogP contribution in [0, 0.1) is 0 Å². The summed E-state index contributed by atoms with van der Waals surface area (Å²) in [6, 6.07) is 10.6. The van der Waals surface area contributed by atoms with Crippen LogP contribution in [-0.4, -0.2) is 26.3 Å². The van der Waals surface area contributed by atoms with Crippen LogP contribution < -0.4 is 10.1 Å². The highest BCUT2D eigenvalue weighted by Gasteiger charge is 2.15. The summed E-state index contributed by atoms with van der Waals surface area (Å²) in [6.45, 7) is 2.13. The average Bonchev–Trinajstić information content (AvgIpc) is 2.53. The van der Waals surface area contributed by atoms with Gasteiger partial charge in [0.25, 0.3) is 0 Å². The zero-order valence-corrected chi connectivity index (χ0v) is 12.9. The lowest BCUT2D eigenvalue weighted by Crippen LogP contribution is -2.09. The molecule has 2 rings (SSSR count). The zero-order chi connectivity index (χ0) is 15.3. The Bertz CT molecular complexity index is 697. The number of nitrogens with one attached hydrogen (secondary N) is 1. The van der Waals surface area contributed by atoms with Gasteiger partial charge in [-0.2, -0.15) is 0 Å². The molecule has 1 N–H and O–H groups in total. The molecule has 0 radical (unpaired) electrons. The van der Waals surface area contributed by atoms with Gasteiger partial charge < -0.3 is 10.1 Å². The van der Waals surface area contributed by atoms with Crippen LogP contribution in [0.4, 0.5) is 5.69 Å². The second-order valence-corrected chi connectivity index (χ2v) is 6.71. The molecule has 0 fully saturated rings. The minimum atomic E-state index is -3.24. The Kier molecular flexibility index (Phi) is 4.80. The SMILES string of the molecule is CCS(=O)(=O)c1ccccc1NCc1ccc(OC)nc1. The molecule has 0 spiro atoms. The molecule has 21 heavy (non-hydrogen) atoms. The monoisotopic (exact) mass is 306 g/mol. The summed E-state index contributed by atoms with van der Waals surface area (Å²) in [5, 5.41) is 3.15. The lowest BCUT2D eigenvalue weighted by Gasteiger charge is -2.11. The Balaban J connectivity index is 2.16. The standard InChI is InChI=1S/C15H18N2O3S/c1-3-21(18,19)14-7-5-4-6-13(14)16-10-12-8-9-15(20-2)17-11-12/h4-9,11,16H,3,10H2,1-2H3. The molecule has 0 atom stereocenters. The highest BCUT2D eigenvalue weighted by Crippen LogP contribution is 2.22. The van der Waals surface area contributed by atoms with Gasteiger partial charge in [-0.05, 0) is 17.7 Å². The normalized spacial score (nSPS) is 11.1. The summed E-state index contributed by atoms with van der Waals surface area (Å²) < 4.78 is 29.1. The molecule has 112 valence electrons. The van der Waals surface area contributed by atoms with Crippen molar-refractivity contribution in [3.05, 3.63) is 48.2 Å². The van der Waals surface area contributed by atoms with Crippen LogP contribution in [0.25, 0.3) is 0 Å². The number of methoxy groups -OCH3 is 1. The fourth-order valence-corrected chi connectivity index (χ4v) is 2.95. The lowest BCUT2D eigenvalue weighted by atomic mass is 10.2. The molecule has 0 aliphatic carbocycles. The van der Waals surface area contributed by atoms with Gasteiger partial charge in [0.05, 0.1) is 23.4 Å². The Morgan fingerprint density at radius 3 is 2.57 bits per heavy atom. The first-order valence-electron chi connectivity index (χ1n) is 6.61. The highest BCUT2D eigenvalue weighted by molar-refractivity contribution is 7.91. The fourth-order valence-electron chi connectivity index (χ4n) is 1.87. The maximum atomic E-state index is 12.0. The van der Waals surface area contributed by atoms with Gasteiger partial charge in [0.15, 0.2) is 9.84 Å². The van der Waals surface area contributed by atoms with Crippen LogP contribution in [-0.2, 0) is 16.4 Å². The average molecular weight is 306 g/mol. The Labute approximate surface area is 124 Å². The predicted molar refractivity (Wildman–Crippen MR) is 82.3 cm³/mol. The van der Waals surface area contributed by atoms with E-state index in [9.17, 15) is 8.42 Å². The molecule has 0 aliphatic heterocycles. The van der Waals surface area contributed by atoms with E-state index in [1.54, 1.807) is 44.5 Å². The van der Waals surface area contributed by atoms with Gasteiger partial charge >= 0.3 is 0 Å². The van der Waals surface area contributed by atoms with Crippen LogP contribution in [0.1, 0.15) is 12.5 Å². The molecule has 0 bridgehead atoms. The van der Waals surface area contributed by atoms with Crippen molar-refractivity contribution in [2.45, 2.75) is 18.4 Å². The lowest BCUT2D eigenvalue weighted by molar-refractivity contribution is 0.397. The summed E-state index contributed by atoms with van der Waals surface area (Å²) in [5.74, 6) is 0.628. The van der Waals surface area contributed by atoms with E-state index >= 15 is 0 Å². The number of aromatic nitrogens is 1. The van der Waals surface area contributed by atoms with Crippen molar-refractivity contribution in [1.82, 2.24) is 4.98 Å². The maximum Gasteiger partial charge on any atom is 0.212 e. The summed E-state index contributed by atoms with van der Waals surface area (Å²) >= 11 is 0. The van der Waals surface area contributed by atoms with E-state index in [-0.39, 0.29) is 5.75 Å². The Morgan fingerprint density at radius 2 is 1.95 bits per heavy atom. The third-order valence-corrected chi connectivity index (χ3v) is 4.88. The number of sulfone groups is 1.